The molecule has 0 atom stereocenters. The van der Waals surface area contributed by atoms with Crippen LogP contribution in [0.2, 0.25) is 0 Å². The molecule has 1 aromatic carbocycles. The Hall–Kier alpha value is -2.77. The van der Waals surface area contributed by atoms with Crippen LogP contribution in [0.3, 0.4) is 0 Å². The maximum atomic E-state index is 12.4. The summed E-state index contributed by atoms with van der Waals surface area (Å²) < 4.78 is 0. The molecule has 1 saturated heterocycles. The molecule has 0 unspecified atom stereocenters. The van der Waals surface area contributed by atoms with Crippen LogP contribution in [0.15, 0.2) is 24.3 Å². The van der Waals surface area contributed by atoms with Gasteiger partial charge in [0.1, 0.15) is 0 Å². The third kappa shape index (κ3) is 5.94. The Morgan fingerprint density at radius 3 is 2.19 bits per heavy atom. The number of carboxylic acids is 1. The molecule has 0 saturated carbocycles. The minimum atomic E-state index is -0.791. The lowest BCUT2D eigenvalue weighted by Gasteiger charge is -2.34. The second kappa shape index (κ2) is 9.65. The second-order valence-corrected chi connectivity index (χ2v) is 6.34. The summed E-state index contributed by atoms with van der Waals surface area (Å²) in [5.74, 6) is -0.844. The lowest BCUT2D eigenvalue weighted by Crippen LogP contribution is -2.53. The number of benzene rings is 1. The Labute approximate surface area is 152 Å². The standard InChI is InChI=1S/C18H26N4O4/c19-15-7-5-14(6-8-15)17(25)21-10-12-22(13-11-21)18(26)20-9-3-1-2-4-16(23)24/h5-8H,1-4,9-13,19H2,(H,20,26)(H,23,24). The van der Waals surface area contributed by atoms with Crippen LogP contribution in [-0.2, 0) is 4.79 Å². The fourth-order valence-corrected chi connectivity index (χ4v) is 2.81. The van der Waals surface area contributed by atoms with Crippen LogP contribution >= 0.6 is 0 Å². The molecule has 1 aliphatic rings. The minimum Gasteiger partial charge on any atom is -0.481 e. The summed E-state index contributed by atoms with van der Waals surface area (Å²) in [6.07, 6.45) is 2.32. The Morgan fingerprint density at radius 2 is 1.58 bits per heavy atom. The largest absolute Gasteiger partial charge is 0.481 e. The van der Waals surface area contributed by atoms with Crippen LogP contribution < -0.4 is 11.1 Å². The molecule has 0 bridgehead atoms. The van der Waals surface area contributed by atoms with Crippen LogP contribution in [-0.4, -0.2) is 65.5 Å². The third-order valence-electron chi connectivity index (χ3n) is 4.36. The van der Waals surface area contributed by atoms with E-state index in [0.29, 0.717) is 50.4 Å². The second-order valence-electron chi connectivity index (χ2n) is 6.34. The van der Waals surface area contributed by atoms with Gasteiger partial charge in [0.05, 0.1) is 0 Å². The number of nitrogens with one attached hydrogen (secondary N) is 1. The first kappa shape index (κ1) is 19.6. The third-order valence-corrected chi connectivity index (χ3v) is 4.36. The normalized spacial score (nSPS) is 14.2. The van der Waals surface area contributed by atoms with Gasteiger partial charge in [0.15, 0.2) is 0 Å². The van der Waals surface area contributed by atoms with Gasteiger partial charge in [-0.05, 0) is 37.1 Å². The summed E-state index contributed by atoms with van der Waals surface area (Å²) >= 11 is 0. The molecule has 3 amide bonds. The van der Waals surface area contributed by atoms with Gasteiger partial charge in [0, 0.05) is 50.4 Å². The van der Waals surface area contributed by atoms with Crippen LogP contribution in [0.1, 0.15) is 36.0 Å². The molecule has 1 aliphatic heterocycles. The van der Waals surface area contributed by atoms with E-state index in [1.54, 1.807) is 34.1 Å². The number of carboxylic acid groups (broad SMARTS) is 1. The number of carbonyl (C=O) groups is 3. The molecule has 0 spiro atoms. The number of piperazine rings is 1. The topological polar surface area (TPSA) is 116 Å². The molecule has 2 rings (SSSR count). The van der Waals surface area contributed by atoms with E-state index in [4.69, 9.17) is 10.8 Å². The predicted octanol–water partition coefficient (Wildman–Crippen LogP) is 1.38. The zero-order chi connectivity index (χ0) is 18.9. The maximum absolute atomic E-state index is 12.4. The Morgan fingerprint density at radius 1 is 0.962 bits per heavy atom. The molecule has 1 heterocycles. The number of aliphatic carboxylic acids is 1. The van der Waals surface area contributed by atoms with Crippen molar-refractivity contribution in [1.29, 1.82) is 0 Å². The molecule has 1 fully saturated rings. The molecule has 142 valence electrons. The number of nitrogens with zero attached hydrogens (tertiary/aromatic N) is 2. The average Bonchev–Trinajstić information content (AvgIpc) is 2.64. The molecular formula is C18H26N4O4. The van der Waals surface area contributed by atoms with Crippen molar-refractivity contribution in [1.82, 2.24) is 15.1 Å². The van der Waals surface area contributed by atoms with E-state index in [1.807, 2.05) is 0 Å². The molecule has 1 aromatic rings. The number of carbonyl (C=O) groups excluding carboxylic acids is 2. The molecule has 0 aromatic heterocycles. The number of rotatable bonds is 7. The van der Waals surface area contributed by atoms with Crippen molar-refractivity contribution in [2.24, 2.45) is 0 Å². The summed E-state index contributed by atoms with van der Waals surface area (Å²) in [5, 5.41) is 11.4. The van der Waals surface area contributed by atoms with Gasteiger partial charge in [0.2, 0.25) is 0 Å². The maximum Gasteiger partial charge on any atom is 0.317 e. The van der Waals surface area contributed by atoms with E-state index in [2.05, 4.69) is 5.32 Å². The molecule has 0 radical (unpaired) electrons. The van der Waals surface area contributed by atoms with Crippen LogP contribution in [0.5, 0.6) is 0 Å². The fourth-order valence-electron chi connectivity index (χ4n) is 2.81. The Balaban J connectivity index is 1.67. The summed E-state index contributed by atoms with van der Waals surface area (Å²) in [7, 11) is 0. The first-order chi connectivity index (χ1) is 12.5. The molecule has 0 aliphatic carbocycles. The smallest absolute Gasteiger partial charge is 0.317 e. The summed E-state index contributed by atoms with van der Waals surface area (Å²) in [6, 6.07) is 6.69. The van der Waals surface area contributed by atoms with Crippen molar-refractivity contribution in [3.63, 3.8) is 0 Å². The highest BCUT2D eigenvalue weighted by Gasteiger charge is 2.24. The zero-order valence-corrected chi connectivity index (χ0v) is 14.8. The summed E-state index contributed by atoms with van der Waals surface area (Å²) in [6.45, 7) is 2.50. The average molecular weight is 362 g/mol. The lowest BCUT2D eigenvalue weighted by molar-refractivity contribution is -0.137. The van der Waals surface area contributed by atoms with Crippen molar-refractivity contribution >= 4 is 23.6 Å². The highest BCUT2D eigenvalue weighted by Crippen LogP contribution is 2.11. The van der Waals surface area contributed by atoms with E-state index in [1.165, 1.54) is 0 Å². The first-order valence-corrected chi connectivity index (χ1v) is 8.87. The number of unbranched alkanes of at least 4 members (excludes halogenated alkanes) is 2. The quantitative estimate of drug-likeness (QED) is 0.500. The zero-order valence-electron chi connectivity index (χ0n) is 14.8. The number of nitrogens with two attached hydrogens (primary N) is 1. The predicted molar refractivity (Wildman–Crippen MR) is 97.8 cm³/mol. The lowest BCUT2D eigenvalue weighted by atomic mass is 10.1. The van der Waals surface area contributed by atoms with Crippen molar-refractivity contribution in [3.8, 4) is 0 Å². The molecule has 8 nitrogen and oxygen atoms in total. The van der Waals surface area contributed by atoms with Crippen molar-refractivity contribution in [2.45, 2.75) is 25.7 Å². The number of hydrogen-bond acceptors (Lipinski definition) is 4. The summed E-state index contributed by atoms with van der Waals surface area (Å²) in [4.78, 5) is 38.4. The summed E-state index contributed by atoms with van der Waals surface area (Å²) in [5.41, 5.74) is 6.85. The minimum absolute atomic E-state index is 0.0523. The fraction of sp³-hybridized carbons (Fsp3) is 0.500. The van der Waals surface area contributed by atoms with Crippen molar-refractivity contribution < 1.29 is 19.5 Å². The molecule has 4 N–H and O–H groups in total. The monoisotopic (exact) mass is 362 g/mol. The van der Waals surface area contributed by atoms with Gasteiger partial charge in [-0.2, -0.15) is 0 Å². The van der Waals surface area contributed by atoms with Gasteiger partial charge in [-0.15, -0.1) is 0 Å². The van der Waals surface area contributed by atoms with Crippen molar-refractivity contribution in [2.75, 3.05) is 38.5 Å². The van der Waals surface area contributed by atoms with Gasteiger partial charge in [0.25, 0.3) is 5.91 Å². The number of nitrogen functional groups attached to an aromatic ring is 1. The highest BCUT2D eigenvalue weighted by atomic mass is 16.4. The van der Waals surface area contributed by atoms with E-state index in [9.17, 15) is 14.4 Å². The van der Waals surface area contributed by atoms with Crippen LogP contribution in [0, 0.1) is 0 Å². The SMILES string of the molecule is Nc1ccc(C(=O)N2CCN(C(=O)NCCCCCC(=O)O)CC2)cc1. The Bertz CT molecular complexity index is 625. The van der Waals surface area contributed by atoms with E-state index >= 15 is 0 Å². The van der Waals surface area contributed by atoms with E-state index in [-0.39, 0.29) is 18.4 Å². The number of urea groups is 1. The molecule has 26 heavy (non-hydrogen) atoms. The number of anilines is 1. The number of hydrogen-bond donors (Lipinski definition) is 3. The van der Waals surface area contributed by atoms with Gasteiger partial charge in [-0.25, -0.2) is 4.79 Å². The van der Waals surface area contributed by atoms with Gasteiger partial charge >= 0.3 is 12.0 Å². The Kier molecular flexibility index (Phi) is 7.25. The molecule has 8 heteroatoms. The number of amides is 3. The van der Waals surface area contributed by atoms with Gasteiger partial charge < -0.3 is 26.0 Å². The van der Waals surface area contributed by atoms with E-state index < -0.39 is 5.97 Å². The van der Waals surface area contributed by atoms with Gasteiger partial charge in [-0.1, -0.05) is 6.42 Å². The van der Waals surface area contributed by atoms with Crippen LogP contribution in [0.25, 0.3) is 0 Å². The first-order valence-electron chi connectivity index (χ1n) is 8.87. The highest BCUT2D eigenvalue weighted by molar-refractivity contribution is 5.94. The van der Waals surface area contributed by atoms with Crippen LogP contribution in [0.4, 0.5) is 10.5 Å². The van der Waals surface area contributed by atoms with Gasteiger partial charge in [-0.3, -0.25) is 9.59 Å². The van der Waals surface area contributed by atoms with E-state index in [0.717, 1.165) is 12.8 Å². The molecular weight excluding hydrogens is 336 g/mol. The van der Waals surface area contributed by atoms with Crippen molar-refractivity contribution in [3.05, 3.63) is 29.8 Å².